The molecule has 2 rings (SSSR count). The van der Waals surface area contributed by atoms with Crippen molar-refractivity contribution in [3.05, 3.63) is 54.1 Å². The molecule has 2 aromatic rings. The summed E-state index contributed by atoms with van der Waals surface area (Å²) in [5.41, 5.74) is 8.52. The number of rotatable bonds is 3. The summed E-state index contributed by atoms with van der Waals surface area (Å²) in [5.74, 6) is 0. The molecule has 3 heteroatoms. The molecular weight excluding hydrogens is 186 g/mol. The van der Waals surface area contributed by atoms with E-state index in [1.165, 1.54) is 11.1 Å². The summed E-state index contributed by atoms with van der Waals surface area (Å²) in [5, 5.41) is 0. The van der Waals surface area contributed by atoms with Crippen molar-refractivity contribution in [1.29, 1.82) is 0 Å². The van der Waals surface area contributed by atoms with Gasteiger partial charge in [0.1, 0.15) is 0 Å². The van der Waals surface area contributed by atoms with E-state index >= 15 is 0 Å². The van der Waals surface area contributed by atoms with Crippen LogP contribution < -0.4 is 5.73 Å². The van der Waals surface area contributed by atoms with Gasteiger partial charge in [-0.2, -0.15) is 0 Å². The molecule has 15 heavy (non-hydrogen) atoms. The Labute approximate surface area is 89.6 Å². The van der Waals surface area contributed by atoms with Crippen LogP contribution in [0.3, 0.4) is 0 Å². The molecule has 0 radical (unpaired) electrons. The zero-order valence-electron chi connectivity index (χ0n) is 8.80. The van der Waals surface area contributed by atoms with E-state index in [9.17, 15) is 0 Å². The van der Waals surface area contributed by atoms with Gasteiger partial charge in [-0.25, -0.2) is 4.98 Å². The number of benzene rings is 1. The minimum atomic E-state index is 0.0269. The van der Waals surface area contributed by atoms with Gasteiger partial charge in [0.2, 0.25) is 0 Å². The molecule has 78 valence electrons. The minimum absolute atomic E-state index is 0.0269. The lowest BCUT2D eigenvalue weighted by Gasteiger charge is -2.13. The zero-order valence-corrected chi connectivity index (χ0v) is 8.80. The second kappa shape index (κ2) is 4.28. The Balaban J connectivity index is 2.11. The molecule has 0 saturated heterocycles. The average Bonchev–Trinajstić information content (AvgIpc) is 2.70. The van der Waals surface area contributed by atoms with Crippen LogP contribution in [0.2, 0.25) is 0 Å². The van der Waals surface area contributed by atoms with Crippen LogP contribution in [-0.4, -0.2) is 9.55 Å². The van der Waals surface area contributed by atoms with Crippen molar-refractivity contribution in [1.82, 2.24) is 9.55 Å². The fourth-order valence-corrected chi connectivity index (χ4v) is 1.63. The fraction of sp³-hybridized carbons (Fsp3) is 0.250. The maximum absolute atomic E-state index is 6.11. The van der Waals surface area contributed by atoms with Gasteiger partial charge in [0, 0.05) is 25.0 Å². The number of aromatic nitrogens is 2. The van der Waals surface area contributed by atoms with E-state index in [1.807, 2.05) is 16.8 Å². The number of hydrogen-bond donors (Lipinski definition) is 1. The number of aryl methyl sites for hydroxylation is 1. The van der Waals surface area contributed by atoms with Crippen LogP contribution in [0, 0.1) is 6.92 Å². The first-order valence-electron chi connectivity index (χ1n) is 5.03. The Morgan fingerprint density at radius 1 is 1.47 bits per heavy atom. The fourth-order valence-electron chi connectivity index (χ4n) is 1.63. The van der Waals surface area contributed by atoms with Crippen molar-refractivity contribution in [2.45, 2.75) is 19.5 Å². The van der Waals surface area contributed by atoms with Gasteiger partial charge in [0.25, 0.3) is 0 Å². The molecule has 0 aliphatic carbocycles. The lowest BCUT2D eigenvalue weighted by atomic mass is 10.1. The zero-order chi connectivity index (χ0) is 10.7. The highest BCUT2D eigenvalue weighted by Gasteiger charge is 2.05. The summed E-state index contributed by atoms with van der Waals surface area (Å²) in [6, 6.07) is 8.33. The van der Waals surface area contributed by atoms with E-state index in [1.54, 1.807) is 12.5 Å². The molecular formula is C12H15N3. The lowest BCUT2D eigenvalue weighted by molar-refractivity contribution is 0.576. The molecule has 0 aliphatic rings. The van der Waals surface area contributed by atoms with Crippen LogP contribution in [0.4, 0.5) is 0 Å². The van der Waals surface area contributed by atoms with Crippen molar-refractivity contribution in [3.63, 3.8) is 0 Å². The largest absolute Gasteiger partial charge is 0.336 e. The first-order chi connectivity index (χ1) is 7.25. The Bertz CT molecular complexity index is 420. The average molecular weight is 201 g/mol. The molecule has 0 spiro atoms. The third kappa shape index (κ3) is 2.44. The quantitative estimate of drug-likeness (QED) is 0.824. The van der Waals surface area contributed by atoms with Crippen LogP contribution in [0.25, 0.3) is 0 Å². The summed E-state index contributed by atoms with van der Waals surface area (Å²) in [6.07, 6.45) is 5.48. The third-order valence-electron chi connectivity index (χ3n) is 2.44. The van der Waals surface area contributed by atoms with Gasteiger partial charge >= 0.3 is 0 Å². The Morgan fingerprint density at radius 3 is 3.00 bits per heavy atom. The standard InChI is InChI=1S/C12H15N3/c1-10-3-2-4-11(7-10)12(13)8-15-6-5-14-9-15/h2-7,9,12H,8,13H2,1H3. The van der Waals surface area contributed by atoms with E-state index < -0.39 is 0 Å². The summed E-state index contributed by atoms with van der Waals surface area (Å²) in [6.45, 7) is 2.84. The molecule has 0 aliphatic heterocycles. The van der Waals surface area contributed by atoms with Crippen LogP contribution in [0.5, 0.6) is 0 Å². The second-order valence-corrected chi connectivity index (χ2v) is 3.78. The van der Waals surface area contributed by atoms with Crippen molar-refractivity contribution < 1.29 is 0 Å². The number of hydrogen-bond acceptors (Lipinski definition) is 2. The van der Waals surface area contributed by atoms with Crippen LogP contribution >= 0.6 is 0 Å². The van der Waals surface area contributed by atoms with Crippen molar-refractivity contribution >= 4 is 0 Å². The predicted octanol–water partition coefficient (Wildman–Crippen LogP) is 1.89. The van der Waals surface area contributed by atoms with Crippen LogP contribution in [0.15, 0.2) is 43.0 Å². The molecule has 0 fully saturated rings. The molecule has 0 saturated carbocycles. The van der Waals surface area contributed by atoms with E-state index in [4.69, 9.17) is 5.73 Å². The van der Waals surface area contributed by atoms with Gasteiger partial charge < -0.3 is 10.3 Å². The van der Waals surface area contributed by atoms with Gasteiger partial charge in [-0.15, -0.1) is 0 Å². The first kappa shape index (κ1) is 9.93. The van der Waals surface area contributed by atoms with E-state index in [-0.39, 0.29) is 6.04 Å². The molecule has 1 unspecified atom stereocenters. The van der Waals surface area contributed by atoms with Crippen molar-refractivity contribution in [3.8, 4) is 0 Å². The molecule has 3 nitrogen and oxygen atoms in total. The summed E-state index contributed by atoms with van der Waals surface area (Å²) in [4.78, 5) is 3.99. The van der Waals surface area contributed by atoms with Gasteiger partial charge in [-0.3, -0.25) is 0 Å². The Morgan fingerprint density at radius 2 is 2.33 bits per heavy atom. The number of nitrogens with two attached hydrogens (primary N) is 1. The molecule has 1 atom stereocenters. The molecule has 1 heterocycles. The summed E-state index contributed by atoms with van der Waals surface area (Å²) >= 11 is 0. The van der Waals surface area contributed by atoms with Crippen LogP contribution in [-0.2, 0) is 6.54 Å². The summed E-state index contributed by atoms with van der Waals surface area (Å²) < 4.78 is 1.99. The highest BCUT2D eigenvalue weighted by atomic mass is 15.0. The van der Waals surface area contributed by atoms with E-state index in [0.29, 0.717) is 0 Å². The van der Waals surface area contributed by atoms with Crippen molar-refractivity contribution in [2.75, 3.05) is 0 Å². The minimum Gasteiger partial charge on any atom is -0.336 e. The highest BCUT2D eigenvalue weighted by Crippen LogP contribution is 2.13. The Hall–Kier alpha value is -1.61. The number of nitrogens with zero attached hydrogens (tertiary/aromatic N) is 2. The second-order valence-electron chi connectivity index (χ2n) is 3.78. The predicted molar refractivity (Wildman–Crippen MR) is 60.3 cm³/mol. The maximum atomic E-state index is 6.11. The van der Waals surface area contributed by atoms with Gasteiger partial charge in [-0.1, -0.05) is 29.8 Å². The first-order valence-corrected chi connectivity index (χ1v) is 5.03. The van der Waals surface area contributed by atoms with E-state index in [2.05, 4.69) is 30.1 Å². The lowest BCUT2D eigenvalue weighted by Crippen LogP contribution is -2.16. The normalized spacial score (nSPS) is 12.7. The van der Waals surface area contributed by atoms with Crippen LogP contribution in [0.1, 0.15) is 17.2 Å². The van der Waals surface area contributed by atoms with Gasteiger partial charge in [-0.05, 0) is 12.5 Å². The maximum Gasteiger partial charge on any atom is 0.0946 e. The molecule has 1 aromatic heterocycles. The summed E-state index contributed by atoms with van der Waals surface area (Å²) in [7, 11) is 0. The monoisotopic (exact) mass is 201 g/mol. The van der Waals surface area contributed by atoms with Gasteiger partial charge in [0.05, 0.1) is 6.33 Å². The molecule has 2 N–H and O–H groups in total. The highest BCUT2D eigenvalue weighted by molar-refractivity contribution is 5.24. The van der Waals surface area contributed by atoms with Crippen molar-refractivity contribution in [2.24, 2.45) is 5.73 Å². The molecule has 0 bridgehead atoms. The number of imidazole rings is 1. The SMILES string of the molecule is Cc1cccc(C(N)Cn2ccnc2)c1. The third-order valence-corrected chi connectivity index (χ3v) is 2.44. The van der Waals surface area contributed by atoms with Gasteiger partial charge in [0.15, 0.2) is 0 Å². The smallest absolute Gasteiger partial charge is 0.0946 e. The molecule has 0 amide bonds. The molecule has 1 aromatic carbocycles. The Kier molecular flexibility index (Phi) is 2.83. The van der Waals surface area contributed by atoms with E-state index in [0.717, 1.165) is 6.54 Å². The topological polar surface area (TPSA) is 43.8 Å².